The van der Waals surface area contributed by atoms with E-state index in [-0.39, 0.29) is 10.8 Å². The maximum absolute atomic E-state index is 13.1. The average molecular weight is 460 g/mol. The van der Waals surface area contributed by atoms with Crippen LogP contribution in [0.2, 0.25) is 0 Å². The second kappa shape index (κ2) is 9.57. The van der Waals surface area contributed by atoms with E-state index in [4.69, 9.17) is 0 Å². The third kappa shape index (κ3) is 4.82. The van der Waals surface area contributed by atoms with Crippen LogP contribution in [0.4, 0.5) is 5.69 Å². The number of anilines is 1. The average Bonchev–Trinajstić information content (AvgIpc) is 2.84. The molecule has 168 valence electrons. The lowest BCUT2D eigenvalue weighted by Gasteiger charge is -2.30. The first-order chi connectivity index (χ1) is 15.9. The van der Waals surface area contributed by atoms with E-state index in [1.54, 1.807) is 42.5 Å². The van der Waals surface area contributed by atoms with Gasteiger partial charge in [0.2, 0.25) is 10.0 Å². The number of amides is 1. The summed E-state index contributed by atoms with van der Waals surface area (Å²) in [5, 5.41) is 12.3. The molecule has 0 saturated carbocycles. The second-order valence-corrected chi connectivity index (χ2v) is 10.2. The summed E-state index contributed by atoms with van der Waals surface area (Å²) in [5.74, 6) is 0.0112. The third-order valence-corrected chi connectivity index (χ3v) is 7.76. The fourth-order valence-corrected chi connectivity index (χ4v) is 5.75. The third-order valence-electron chi connectivity index (χ3n) is 5.88. The molecule has 1 atom stereocenters. The van der Waals surface area contributed by atoms with Gasteiger partial charge in [-0.1, -0.05) is 43.3 Å². The first-order valence-corrected chi connectivity index (χ1v) is 12.3. The molecule has 1 amide bonds. The second-order valence-electron chi connectivity index (χ2n) is 8.29. The standard InChI is InChI=1S/C26H25N3O3S/c1-19-7-6-16-29(18-19)33(31,32)22-14-12-21(13-15-22)28-26(30)25-11-5-4-10-24(25)23-9-3-2-8-20(23)17-27/h2-5,8-15,19H,6-7,16,18H2,1H3,(H,28,30). The number of benzene rings is 3. The minimum Gasteiger partial charge on any atom is -0.322 e. The monoisotopic (exact) mass is 459 g/mol. The molecule has 3 aromatic carbocycles. The molecule has 1 heterocycles. The highest BCUT2D eigenvalue weighted by atomic mass is 32.2. The van der Waals surface area contributed by atoms with Gasteiger partial charge in [0.25, 0.3) is 5.91 Å². The molecule has 1 saturated heterocycles. The maximum Gasteiger partial charge on any atom is 0.256 e. The minimum atomic E-state index is -3.55. The van der Waals surface area contributed by atoms with Gasteiger partial charge in [0.05, 0.1) is 16.5 Å². The molecule has 3 aromatic rings. The van der Waals surface area contributed by atoms with Crippen LogP contribution in [-0.4, -0.2) is 31.7 Å². The Hall–Kier alpha value is -3.47. The summed E-state index contributed by atoms with van der Waals surface area (Å²) in [6.45, 7) is 3.13. The number of carbonyl (C=O) groups excluding carboxylic acids is 1. The smallest absolute Gasteiger partial charge is 0.256 e. The molecule has 1 aliphatic rings. The molecule has 1 aliphatic heterocycles. The molecule has 0 bridgehead atoms. The number of piperidine rings is 1. The van der Waals surface area contributed by atoms with Crippen LogP contribution in [-0.2, 0) is 10.0 Å². The van der Waals surface area contributed by atoms with Gasteiger partial charge < -0.3 is 5.32 Å². The molecule has 33 heavy (non-hydrogen) atoms. The van der Waals surface area contributed by atoms with Crippen LogP contribution in [0, 0.1) is 17.2 Å². The van der Waals surface area contributed by atoms with Crippen LogP contribution in [0.3, 0.4) is 0 Å². The van der Waals surface area contributed by atoms with E-state index < -0.39 is 10.0 Å². The van der Waals surface area contributed by atoms with Crippen molar-refractivity contribution in [3.8, 4) is 17.2 Å². The van der Waals surface area contributed by atoms with E-state index in [0.717, 1.165) is 12.8 Å². The lowest BCUT2D eigenvalue weighted by Crippen LogP contribution is -2.39. The lowest BCUT2D eigenvalue weighted by molar-refractivity contribution is 0.102. The quantitative estimate of drug-likeness (QED) is 0.588. The summed E-state index contributed by atoms with van der Waals surface area (Å²) in [6, 6.07) is 22.7. The highest BCUT2D eigenvalue weighted by Crippen LogP contribution is 2.28. The van der Waals surface area contributed by atoms with Crippen molar-refractivity contribution in [1.29, 1.82) is 5.26 Å². The number of nitriles is 1. The molecule has 0 spiro atoms. The van der Waals surface area contributed by atoms with Gasteiger partial charge in [0.1, 0.15) is 0 Å². The molecule has 4 rings (SSSR count). The number of sulfonamides is 1. The molecule has 1 fully saturated rings. The van der Waals surface area contributed by atoms with Gasteiger partial charge >= 0.3 is 0 Å². The summed E-state index contributed by atoms with van der Waals surface area (Å²) in [5.41, 5.74) is 2.75. The van der Waals surface area contributed by atoms with Crippen LogP contribution >= 0.6 is 0 Å². The van der Waals surface area contributed by atoms with Crippen LogP contribution in [0.1, 0.15) is 35.7 Å². The highest BCUT2D eigenvalue weighted by molar-refractivity contribution is 7.89. The van der Waals surface area contributed by atoms with Gasteiger partial charge in [-0.05, 0) is 60.7 Å². The largest absolute Gasteiger partial charge is 0.322 e. The first-order valence-electron chi connectivity index (χ1n) is 10.9. The molecule has 0 radical (unpaired) electrons. The summed E-state index contributed by atoms with van der Waals surface area (Å²) in [4.78, 5) is 13.3. The van der Waals surface area contributed by atoms with E-state index in [1.807, 2.05) is 18.2 Å². The molecule has 1 N–H and O–H groups in total. The first kappa shape index (κ1) is 22.7. The highest BCUT2D eigenvalue weighted by Gasteiger charge is 2.28. The Morgan fingerprint density at radius 1 is 1.00 bits per heavy atom. The van der Waals surface area contributed by atoms with Crippen molar-refractivity contribution in [3.63, 3.8) is 0 Å². The number of rotatable bonds is 5. The van der Waals surface area contributed by atoms with Gasteiger partial charge in [0.15, 0.2) is 0 Å². The van der Waals surface area contributed by atoms with Crippen LogP contribution in [0.5, 0.6) is 0 Å². The van der Waals surface area contributed by atoms with E-state index in [9.17, 15) is 18.5 Å². The Kier molecular flexibility index (Phi) is 6.59. The van der Waals surface area contributed by atoms with Crippen molar-refractivity contribution in [2.45, 2.75) is 24.7 Å². The number of nitrogens with zero attached hydrogens (tertiary/aromatic N) is 2. The van der Waals surface area contributed by atoms with E-state index in [2.05, 4.69) is 18.3 Å². The zero-order chi connectivity index (χ0) is 23.4. The van der Waals surface area contributed by atoms with E-state index >= 15 is 0 Å². The lowest BCUT2D eigenvalue weighted by atomic mass is 9.95. The topological polar surface area (TPSA) is 90.3 Å². The zero-order valence-corrected chi connectivity index (χ0v) is 19.2. The van der Waals surface area contributed by atoms with Crippen LogP contribution < -0.4 is 5.32 Å². The summed E-state index contributed by atoms with van der Waals surface area (Å²) in [6.07, 6.45) is 1.90. The van der Waals surface area contributed by atoms with E-state index in [1.165, 1.54) is 16.4 Å². The van der Waals surface area contributed by atoms with Gasteiger partial charge in [-0.15, -0.1) is 0 Å². The minimum absolute atomic E-state index is 0.220. The van der Waals surface area contributed by atoms with Gasteiger partial charge in [-0.2, -0.15) is 9.57 Å². The fourth-order valence-electron chi connectivity index (χ4n) is 4.15. The van der Waals surface area contributed by atoms with Crippen LogP contribution in [0.25, 0.3) is 11.1 Å². The maximum atomic E-state index is 13.1. The van der Waals surface area contributed by atoms with Crippen molar-refractivity contribution >= 4 is 21.6 Å². The fraction of sp³-hybridized carbons (Fsp3) is 0.231. The SMILES string of the molecule is CC1CCCN(S(=O)(=O)c2ccc(NC(=O)c3ccccc3-c3ccccc3C#N)cc2)C1. The number of nitrogens with one attached hydrogen (secondary N) is 1. The van der Waals surface area contributed by atoms with Gasteiger partial charge in [-0.3, -0.25) is 4.79 Å². The Balaban J connectivity index is 1.55. The summed E-state index contributed by atoms with van der Waals surface area (Å²) < 4.78 is 27.5. The molecular formula is C26H25N3O3S. The molecule has 7 heteroatoms. The molecule has 6 nitrogen and oxygen atoms in total. The van der Waals surface area contributed by atoms with Crippen molar-refractivity contribution in [1.82, 2.24) is 4.31 Å². The normalized spacial score (nSPS) is 16.7. The molecule has 0 aromatic heterocycles. The van der Waals surface area contributed by atoms with Gasteiger partial charge in [0, 0.05) is 29.9 Å². The number of carbonyl (C=O) groups is 1. The van der Waals surface area contributed by atoms with Crippen molar-refractivity contribution in [2.24, 2.45) is 5.92 Å². The van der Waals surface area contributed by atoms with Crippen molar-refractivity contribution in [3.05, 3.63) is 83.9 Å². The van der Waals surface area contributed by atoms with Gasteiger partial charge in [-0.25, -0.2) is 8.42 Å². The van der Waals surface area contributed by atoms with Crippen LogP contribution in [0.15, 0.2) is 77.7 Å². The predicted octanol–water partition coefficient (Wildman–Crippen LogP) is 4.90. The molecule has 0 aliphatic carbocycles. The predicted molar refractivity (Wildman–Crippen MR) is 128 cm³/mol. The Labute approximate surface area is 194 Å². The Bertz CT molecular complexity index is 1310. The molecular weight excluding hydrogens is 434 g/mol. The Morgan fingerprint density at radius 2 is 1.67 bits per heavy atom. The molecule has 1 unspecified atom stereocenters. The number of hydrogen-bond donors (Lipinski definition) is 1. The Morgan fingerprint density at radius 3 is 2.36 bits per heavy atom. The van der Waals surface area contributed by atoms with E-state index in [0.29, 0.717) is 46.9 Å². The zero-order valence-electron chi connectivity index (χ0n) is 18.4. The summed E-state index contributed by atoms with van der Waals surface area (Å²) >= 11 is 0. The van der Waals surface area contributed by atoms with Crippen molar-refractivity contribution < 1.29 is 13.2 Å². The number of hydrogen-bond acceptors (Lipinski definition) is 4. The summed E-state index contributed by atoms with van der Waals surface area (Å²) in [7, 11) is -3.55. The van der Waals surface area contributed by atoms with Crippen molar-refractivity contribution in [2.75, 3.05) is 18.4 Å².